The first-order chi connectivity index (χ1) is 8.56. The number of halogens is 1. The summed E-state index contributed by atoms with van der Waals surface area (Å²) in [6.45, 7) is 6.12. The quantitative estimate of drug-likeness (QED) is 0.803. The van der Waals surface area contributed by atoms with Crippen molar-refractivity contribution in [2.24, 2.45) is 0 Å². The van der Waals surface area contributed by atoms with Crippen molar-refractivity contribution in [2.75, 3.05) is 6.61 Å². The molecular formula is C12H14ClN3O2. The lowest BCUT2D eigenvalue weighted by molar-refractivity contribution is 0.0528. The predicted molar refractivity (Wildman–Crippen MR) is 68.0 cm³/mol. The molecule has 96 valence electrons. The van der Waals surface area contributed by atoms with E-state index in [0.29, 0.717) is 17.7 Å². The van der Waals surface area contributed by atoms with Gasteiger partial charge in [-0.3, -0.25) is 0 Å². The van der Waals surface area contributed by atoms with Gasteiger partial charge < -0.3 is 4.74 Å². The Balaban J connectivity index is 2.70. The molecule has 18 heavy (non-hydrogen) atoms. The molecule has 0 bridgehead atoms. The molecule has 2 rings (SSSR count). The summed E-state index contributed by atoms with van der Waals surface area (Å²) in [7, 11) is 0. The molecule has 0 radical (unpaired) electrons. The van der Waals surface area contributed by atoms with Crippen LogP contribution in [0.1, 0.15) is 42.7 Å². The Morgan fingerprint density at radius 2 is 2.28 bits per heavy atom. The van der Waals surface area contributed by atoms with Crippen molar-refractivity contribution in [2.45, 2.75) is 26.7 Å². The molecule has 0 aliphatic heterocycles. The zero-order valence-corrected chi connectivity index (χ0v) is 11.2. The Morgan fingerprint density at radius 1 is 1.56 bits per heavy atom. The number of aromatic nitrogens is 3. The second-order valence-electron chi connectivity index (χ2n) is 4.17. The maximum Gasteiger partial charge on any atom is 0.340 e. The largest absolute Gasteiger partial charge is 0.462 e. The number of hydrogen-bond donors (Lipinski definition) is 0. The summed E-state index contributed by atoms with van der Waals surface area (Å²) in [5, 5.41) is 4.39. The van der Waals surface area contributed by atoms with E-state index in [0.717, 1.165) is 5.69 Å². The van der Waals surface area contributed by atoms with E-state index >= 15 is 0 Å². The molecule has 0 N–H and O–H groups in total. The van der Waals surface area contributed by atoms with E-state index < -0.39 is 5.97 Å². The normalized spacial score (nSPS) is 11.2. The van der Waals surface area contributed by atoms with Gasteiger partial charge >= 0.3 is 5.97 Å². The van der Waals surface area contributed by atoms with Crippen LogP contribution >= 0.6 is 11.6 Å². The van der Waals surface area contributed by atoms with Gasteiger partial charge in [0, 0.05) is 5.69 Å². The van der Waals surface area contributed by atoms with Crippen LogP contribution in [0.5, 0.6) is 0 Å². The van der Waals surface area contributed by atoms with Gasteiger partial charge in [-0.05, 0) is 18.9 Å². The summed E-state index contributed by atoms with van der Waals surface area (Å²) in [6, 6.07) is 1.76. The second kappa shape index (κ2) is 4.94. The average molecular weight is 268 g/mol. The average Bonchev–Trinajstić information content (AvgIpc) is 2.70. The number of rotatable bonds is 3. The third-order valence-electron chi connectivity index (χ3n) is 2.62. The Labute approximate surface area is 110 Å². The summed E-state index contributed by atoms with van der Waals surface area (Å²) in [5.41, 5.74) is 1.81. The van der Waals surface area contributed by atoms with Crippen LogP contribution < -0.4 is 0 Å². The van der Waals surface area contributed by atoms with E-state index in [1.165, 1.54) is 6.33 Å². The zero-order chi connectivity index (χ0) is 13.3. The molecule has 0 unspecified atom stereocenters. The molecule has 2 heterocycles. The van der Waals surface area contributed by atoms with Gasteiger partial charge in [-0.25, -0.2) is 14.3 Å². The van der Waals surface area contributed by atoms with Gasteiger partial charge in [0.1, 0.15) is 11.8 Å². The minimum Gasteiger partial charge on any atom is -0.462 e. The Kier molecular flexibility index (Phi) is 3.52. The lowest BCUT2D eigenvalue weighted by Crippen LogP contribution is -2.05. The van der Waals surface area contributed by atoms with Crippen LogP contribution in [0.25, 0.3) is 5.52 Å². The second-order valence-corrected chi connectivity index (χ2v) is 4.53. The first-order valence-electron chi connectivity index (χ1n) is 5.75. The molecule has 0 aliphatic carbocycles. The van der Waals surface area contributed by atoms with Gasteiger partial charge in [-0.2, -0.15) is 5.10 Å². The third kappa shape index (κ3) is 2.06. The van der Waals surface area contributed by atoms with Crippen LogP contribution in [-0.2, 0) is 4.74 Å². The molecule has 0 saturated heterocycles. The molecule has 0 saturated carbocycles. The maximum atomic E-state index is 11.9. The van der Waals surface area contributed by atoms with Crippen LogP contribution in [-0.4, -0.2) is 27.2 Å². The molecule has 2 aromatic heterocycles. The molecule has 0 aromatic carbocycles. The van der Waals surface area contributed by atoms with Crippen molar-refractivity contribution in [1.82, 2.24) is 14.6 Å². The molecule has 0 spiro atoms. The van der Waals surface area contributed by atoms with Gasteiger partial charge in [0.05, 0.1) is 12.2 Å². The van der Waals surface area contributed by atoms with E-state index in [9.17, 15) is 4.79 Å². The lowest BCUT2D eigenvalue weighted by Gasteiger charge is -2.04. The summed E-state index contributed by atoms with van der Waals surface area (Å²) in [6.07, 6.45) is 1.37. The Hall–Kier alpha value is -1.62. The van der Waals surface area contributed by atoms with E-state index in [1.54, 1.807) is 17.5 Å². The number of carbonyl (C=O) groups is 1. The Bertz CT molecular complexity index is 592. The molecule has 0 fully saturated rings. The highest BCUT2D eigenvalue weighted by Gasteiger charge is 2.21. The van der Waals surface area contributed by atoms with Gasteiger partial charge in [-0.15, -0.1) is 0 Å². The van der Waals surface area contributed by atoms with Gasteiger partial charge in [0.15, 0.2) is 5.15 Å². The highest BCUT2D eigenvalue weighted by Crippen LogP contribution is 2.26. The molecule has 0 aliphatic rings. The fourth-order valence-electron chi connectivity index (χ4n) is 1.81. The predicted octanol–water partition coefficient (Wildman–Crippen LogP) is 2.68. The van der Waals surface area contributed by atoms with Crippen LogP contribution in [0.2, 0.25) is 5.15 Å². The van der Waals surface area contributed by atoms with E-state index in [1.807, 2.05) is 13.8 Å². The van der Waals surface area contributed by atoms with Gasteiger partial charge in [0.2, 0.25) is 0 Å². The third-order valence-corrected chi connectivity index (χ3v) is 2.90. The molecular weight excluding hydrogens is 254 g/mol. The fourth-order valence-corrected chi connectivity index (χ4v) is 2.03. The number of carbonyl (C=O) groups excluding carboxylic acids is 1. The number of hydrogen-bond acceptors (Lipinski definition) is 4. The smallest absolute Gasteiger partial charge is 0.340 e. The molecule has 6 heteroatoms. The molecule has 0 atom stereocenters. The number of fused-ring (bicyclic) bond motifs is 1. The van der Waals surface area contributed by atoms with Crippen molar-refractivity contribution >= 4 is 23.1 Å². The molecule has 0 amide bonds. The van der Waals surface area contributed by atoms with Crippen molar-refractivity contribution < 1.29 is 9.53 Å². The highest BCUT2D eigenvalue weighted by atomic mass is 35.5. The highest BCUT2D eigenvalue weighted by molar-refractivity contribution is 6.33. The SMILES string of the molecule is CCOC(=O)c1cc(C(C)C)n2ncnc(Cl)c12. The summed E-state index contributed by atoms with van der Waals surface area (Å²) in [4.78, 5) is 15.8. The van der Waals surface area contributed by atoms with Crippen LogP contribution in [0.15, 0.2) is 12.4 Å². The van der Waals surface area contributed by atoms with Crippen molar-refractivity contribution in [1.29, 1.82) is 0 Å². The lowest BCUT2D eigenvalue weighted by atomic mass is 10.1. The Morgan fingerprint density at radius 3 is 2.89 bits per heavy atom. The topological polar surface area (TPSA) is 56.5 Å². The number of ether oxygens (including phenoxy) is 1. The first-order valence-corrected chi connectivity index (χ1v) is 6.13. The number of nitrogens with zero attached hydrogens (tertiary/aromatic N) is 3. The van der Waals surface area contributed by atoms with E-state index in [-0.39, 0.29) is 11.1 Å². The zero-order valence-electron chi connectivity index (χ0n) is 10.5. The minimum absolute atomic E-state index is 0.214. The van der Waals surface area contributed by atoms with Crippen molar-refractivity contribution in [3.63, 3.8) is 0 Å². The summed E-state index contributed by atoms with van der Waals surface area (Å²) >= 11 is 6.04. The minimum atomic E-state index is -0.404. The van der Waals surface area contributed by atoms with E-state index in [4.69, 9.17) is 16.3 Å². The van der Waals surface area contributed by atoms with Gasteiger partial charge in [-0.1, -0.05) is 25.4 Å². The van der Waals surface area contributed by atoms with Gasteiger partial charge in [0.25, 0.3) is 0 Å². The van der Waals surface area contributed by atoms with E-state index in [2.05, 4.69) is 10.1 Å². The van der Waals surface area contributed by atoms with Crippen LogP contribution in [0.3, 0.4) is 0 Å². The number of esters is 1. The summed E-state index contributed by atoms with van der Waals surface area (Å²) in [5.74, 6) is -0.190. The molecule has 2 aromatic rings. The standard InChI is InChI=1S/C12H14ClN3O2/c1-4-18-12(17)8-5-9(7(2)3)16-10(8)11(13)14-6-15-16/h5-7H,4H2,1-3H3. The maximum absolute atomic E-state index is 11.9. The molecule has 5 nitrogen and oxygen atoms in total. The first kappa shape index (κ1) is 12.8. The van der Waals surface area contributed by atoms with Crippen molar-refractivity contribution in [3.8, 4) is 0 Å². The van der Waals surface area contributed by atoms with Crippen LogP contribution in [0.4, 0.5) is 0 Å². The monoisotopic (exact) mass is 267 g/mol. The summed E-state index contributed by atoms with van der Waals surface area (Å²) < 4.78 is 6.66. The van der Waals surface area contributed by atoms with Crippen molar-refractivity contribution in [3.05, 3.63) is 28.8 Å². The van der Waals surface area contributed by atoms with Crippen LogP contribution in [0, 0.1) is 0 Å². The fraction of sp³-hybridized carbons (Fsp3) is 0.417.